The van der Waals surface area contributed by atoms with Crippen LogP contribution in [0.25, 0.3) is 0 Å². The van der Waals surface area contributed by atoms with E-state index in [0.717, 1.165) is 4.47 Å². The summed E-state index contributed by atoms with van der Waals surface area (Å²) in [4.78, 5) is 15.0. The van der Waals surface area contributed by atoms with E-state index < -0.39 is 6.04 Å². The number of hydrogen-bond acceptors (Lipinski definition) is 4. The van der Waals surface area contributed by atoms with Gasteiger partial charge in [0.25, 0.3) is 0 Å². The number of hydrogen-bond donors (Lipinski definition) is 1. The normalized spacial score (nSPS) is 10.7. The van der Waals surface area contributed by atoms with Gasteiger partial charge in [-0.1, -0.05) is 0 Å². The molecule has 0 radical (unpaired) electrons. The number of carbonyl (C=O) groups excluding carboxylic acids is 1. The van der Waals surface area contributed by atoms with Crippen molar-refractivity contribution in [2.24, 2.45) is 5.73 Å². The molecule has 7 heteroatoms. The average Bonchev–Trinajstić information content (AvgIpc) is 2.18. The standard InChI is InChI=1S/C9H11BrN2O2.2ClH/c1-14-9(13)4-7(11)8-3-2-6(10)5-12-8;;/h2-3,5,7H,4,11H2,1H3;2*1H/t7-;;/m1../s1. The maximum Gasteiger partial charge on any atom is 0.307 e. The lowest BCUT2D eigenvalue weighted by atomic mass is 10.1. The van der Waals surface area contributed by atoms with Crippen molar-refractivity contribution in [2.45, 2.75) is 12.5 Å². The number of ether oxygens (including phenoxy) is 1. The van der Waals surface area contributed by atoms with Crippen molar-refractivity contribution in [3.05, 3.63) is 28.5 Å². The Hall–Kier alpha value is -0.360. The summed E-state index contributed by atoms with van der Waals surface area (Å²) in [5, 5.41) is 0. The van der Waals surface area contributed by atoms with Gasteiger partial charge in [-0.25, -0.2) is 0 Å². The number of methoxy groups -OCH3 is 1. The molecule has 0 fully saturated rings. The van der Waals surface area contributed by atoms with Crippen LogP contribution in [-0.2, 0) is 9.53 Å². The summed E-state index contributed by atoms with van der Waals surface area (Å²) in [5.74, 6) is -0.331. The van der Waals surface area contributed by atoms with Gasteiger partial charge in [0.05, 0.1) is 25.3 Å². The zero-order valence-electron chi connectivity index (χ0n) is 8.55. The fourth-order valence-corrected chi connectivity index (χ4v) is 1.21. The van der Waals surface area contributed by atoms with Crippen LogP contribution in [0.2, 0.25) is 0 Å². The molecule has 0 saturated carbocycles. The topological polar surface area (TPSA) is 65.2 Å². The minimum Gasteiger partial charge on any atom is -0.469 e. The molecule has 1 rings (SSSR count). The Balaban J connectivity index is 0. The Morgan fingerprint density at radius 1 is 1.56 bits per heavy atom. The SMILES string of the molecule is COC(=O)C[C@@H](N)c1ccc(Br)cn1.Cl.Cl. The number of rotatable bonds is 3. The molecule has 0 aliphatic heterocycles. The molecule has 4 nitrogen and oxygen atoms in total. The van der Waals surface area contributed by atoms with Crippen LogP contribution in [0.15, 0.2) is 22.8 Å². The van der Waals surface area contributed by atoms with E-state index in [4.69, 9.17) is 5.73 Å². The van der Waals surface area contributed by atoms with Gasteiger partial charge in [0.2, 0.25) is 0 Å². The summed E-state index contributed by atoms with van der Waals surface area (Å²) in [6.07, 6.45) is 1.79. The zero-order valence-corrected chi connectivity index (χ0v) is 11.8. The molecule has 16 heavy (non-hydrogen) atoms. The second kappa shape index (κ2) is 8.75. The fourth-order valence-electron chi connectivity index (χ4n) is 0.974. The van der Waals surface area contributed by atoms with Crippen molar-refractivity contribution >= 4 is 46.7 Å². The second-order valence-electron chi connectivity index (χ2n) is 2.79. The van der Waals surface area contributed by atoms with E-state index in [0.29, 0.717) is 5.69 Å². The first-order chi connectivity index (χ1) is 6.63. The summed E-state index contributed by atoms with van der Waals surface area (Å²) >= 11 is 3.26. The van der Waals surface area contributed by atoms with Gasteiger partial charge in [-0.05, 0) is 28.1 Å². The minimum absolute atomic E-state index is 0. The third kappa shape index (κ3) is 5.65. The summed E-state index contributed by atoms with van der Waals surface area (Å²) < 4.78 is 5.39. The second-order valence-corrected chi connectivity index (χ2v) is 3.70. The lowest BCUT2D eigenvalue weighted by molar-refractivity contribution is -0.141. The largest absolute Gasteiger partial charge is 0.469 e. The Labute approximate surface area is 115 Å². The molecule has 0 spiro atoms. The van der Waals surface area contributed by atoms with Gasteiger partial charge < -0.3 is 10.5 Å². The minimum atomic E-state index is -0.407. The number of nitrogens with zero attached hydrogens (tertiary/aromatic N) is 1. The van der Waals surface area contributed by atoms with Crippen molar-refractivity contribution < 1.29 is 9.53 Å². The van der Waals surface area contributed by atoms with E-state index in [1.807, 2.05) is 6.07 Å². The molecule has 1 aromatic heterocycles. The van der Waals surface area contributed by atoms with Crippen molar-refractivity contribution in [2.75, 3.05) is 7.11 Å². The highest BCUT2D eigenvalue weighted by Gasteiger charge is 2.12. The molecule has 0 aliphatic carbocycles. The number of aromatic nitrogens is 1. The number of nitrogens with two attached hydrogens (primary N) is 1. The third-order valence-corrected chi connectivity index (χ3v) is 2.21. The summed E-state index contributed by atoms with van der Waals surface area (Å²) in [6, 6.07) is 3.20. The molecule has 0 saturated heterocycles. The number of pyridine rings is 1. The molecule has 2 N–H and O–H groups in total. The lowest BCUT2D eigenvalue weighted by Gasteiger charge is -2.08. The van der Waals surface area contributed by atoms with E-state index in [-0.39, 0.29) is 37.2 Å². The van der Waals surface area contributed by atoms with Crippen molar-refractivity contribution in [1.29, 1.82) is 0 Å². The quantitative estimate of drug-likeness (QED) is 0.863. The third-order valence-electron chi connectivity index (χ3n) is 1.74. The van der Waals surface area contributed by atoms with Crippen molar-refractivity contribution in [3.63, 3.8) is 0 Å². The Morgan fingerprint density at radius 3 is 2.62 bits per heavy atom. The van der Waals surface area contributed by atoms with Gasteiger partial charge in [-0.15, -0.1) is 24.8 Å². The molecule has 1 atom stereocenters. The molecular formula is C9H13BrCl2N2O2. The predicted octanol–water partition coefficient (Wildman–Crippen LogP) is 2.25. The first kappa shape index (κ1) is 18.0. The summed E-state index contributed by atoms with van der Waals surface area (Å²) in [5.41, 5.74) is 6.42. The maximum absolute atomic E-state index is 10.9. The molecular weight excluding hydrogens is 319 g/mol. The van der Waals surface area contributed by atoms with Gasteiger partial charge in [-0.2, -0.15) is 0 Å². The van der Waals surface area contributed by atoms with Gasteiger partial charge >= 0.3 is 5.97 Å². The molecule has 0 unspecified atom stereocenters. The first-order valence-corrected chi connectivity index (χ1v) is 4.86. The molecule has 1 aromatic rings. The van der Waals surface area contributed by atoms with Crippen LogP contribution in [0.1, 0.15) is 18.2 Å². The van der Waals surface area contributed by atoms with Crippen LogP contribution in [0.4, 0.5) is 0 Å². The number of esters is 1. The molecule has 0 aromatic carbocycles. The predicted molar refractivity (Wildman–Crippen MR) is 70.0 cm³/mol. The monoisotopic (exact) mass is 330 g/mol. The Kier molecular flexibility index (Phi) is 9.86. The molecule has 0 bridgehead atoms. The van der Waals surface area contributed by atoms with Crippen molar-refractivity contribution in [3.8, 4) is 0 Å². The maximum atomic E-state index is 10.9. The van der Waals surface area contributed by atoms with Crippen LogP contribution >= 0.6 is 40.7 Å². The summed E-state index contributed by atoms with van der Waals surface area (Å²) in [6.45, 7) is 0. The fraction of sp³-hybridized carbons (Fsp3) is 0.333. The number of halogens is 3. The molecule has 0 amide bonds. The lowest BCUT2D eigenvalue weighted by Crippen LogP contribution is -2.17. The van der Waals surface area contributed by atoms with Crippen LogP contribution in [0.3, 0.4) is 0 Å². The van der Waals surface area contributed by atoms with Crippen LogP contribution in [0.5, 0.6) is 0 Å². The van der Waals surface area contributed by atoms with Crippen LogP contribution in [0, 0.1) is 0 Å². The highest BCUT2D eigenvalue weighted by atomic mass is 79.9. The van der Waals surface area contributed by atoms with Gasteiger partial charge in [-0.3, -0.25) is 9.78 Å². The van der Waals surface area contributed by atoms with E-state index in [9.17, 15) is 4.79 Å². The first-order valence-electron chi connectivity index (χ1n) is 4.07. The smallest absolute Gasteiger partial charge is 0.307 e. The zero-order chi connectivity index (χ0) is 10.6. The van der Waals surface area contributed by atoms with E-state index >= 15 is 0 Å². The van der Waals surface area contributed by atoms with Crippen LogP contribution < -0.4 is 5.73 Å². The molecule has 92 valence electrons. The van der Waals surface area contributed by atoms with Crippen LogP contribution in [-0.4, -0.2) is 18.1 Å². The highest BCUT2D eigenvalue weighted by Crippen LogP contribution is 2.14. The van der Waals surface area contributed by atoms with Gasteiger partial charge in [0.1, 0.15) is 0 Å². The molecule has 0 aliphatic rings. The van der Waals surface area contributed by atoms with E-state index in [1.165, 1.54) is 7.11 Å². The Bertz CT molecular complexity index is 322. The summed E-state index contributed by atoms with van der Waals surface area (Å²) in [7, 11) is 1.34. The van der Waals surface area contributed by atoms with E-state index in [1.54, 1.807) is 12.3 Å². The van der Waals surface area contributed by atoms with E-state index in [2.05, 4.69) is 25.7 Å². The molecule has 1 heterocycles. The number of carbonyl (C=O) groups is 1. The van der Waals surface area contributed by atoms with Gasteiger partial charge in [0, 0.05) is 10.7 Å². The Morgan fingerprint density at radius 2 is 2.19 bits per heavy atom. The average molecular weight is 332 g/mol. The highest BCUT2D eigenvalue weighted by molar-refractivity contribution is 9.10. The van der Waals surface area contributed by atoms with Gasteiger partial charge in [0.15, 0.2) is 0 Å². The van der Waals surface area contributed by atoms with Crippen molar-refractivity contribution in [1.82, 2.24) is 4.98 Å².